The van der Waals surface area contributed by atoms with E-state index in [4.69, 9.17) is 0 Å². The highest BCUT2D eigenvalue weighted by Crippen LogP contribution is 2.04. The lowest BCUT2D eigenvalue weighted by atomic mass is 10.1. The normalized spacial score (nSPS) is 9.92. The Balaban J connectivity index is 2.40. The van der Waals surface area contributed by atoms with Crippen LogP contribution in [-0.4, -0.2) is 21.2 Å². The molecule has 0 fully saturated rings. The molecule has 0 atom stereocenters. The number of hydrogen-bond donors (Lipinski definition) is 0. The third-order valence-electron chi connectivity index (χ3n) is 1.80. The Morgan fingerprint density at radius 1 is 1.46 bits per heavy atom. The van der Waals surface area contributed by atoms with E-state index in [9.17, 15) is 4.79 Å². The van der Waals surface area contributed by atoms with Gasteiger partial charge in [-0.15, -0.1) is 10.2 Å². The van der Waals surface area contributed by atoms with Gasteiger partial charge in [0.25, 0.3) is 0 Å². The first-order valence-corrected chi connectivity index (χ1v) is 4.52. The zero-order valence-corrected chi connectivity index (χ0v) is 7.73. The Bertz CT molecular complexity index is 261. The van der Waals surface area contributed by atoms with Crippen molar-refractivity contribution < 1.29 is 4.79 Å². The van der Waals surface area contributed by atoms with Crippen molar-refractivity contribution in [1.29, 1.82) is 0 Å². The van der Waals surface area contributed by atoms with Crippen LogP contribution in [0.15, 0.2) is 12.3 Å². The molecule has 0 amide bonds. The minimum absolute atomic E-state index is 0.0587. The van der Waals surface area contributed by atoms with Crippen LogP contribution >= 0.6 is 0 Å². The number of Topliss-reactive ketones (excluding diaryl/α,β-unsaturated/α-hetero) is 1. The molecule has 1 rings (SSSR count). The quantitative estimate of drug-likeness (QED) is 0.509. The summed E-state index contributed by atoms with van der Waals surface area (Å²) in [5.41, 5.74) is 0.422. The van der Waals surface area contributed by atoms with E-state index in [0.29, 0.717) is 12.1 Å². The van der Waals surface area contributed by atoms with Crippen LogP contribution in [-0.2, 0) is 0 Å². The predicted octanol–water partition coefficient (Wildman–Crippen LogP) is 1.63. The van der Waals surface area contributed by atoms with Gasteiger partial charge in [-0.25, -0.2) is 0 Å². The molecular formula is C9H13N3O. The van der Waals surface area contributed by atoms with Crippen LogP contribution in [0.3, 0.4) is 0 Å². The van der Waals surface area contributed by atoms with Gasteiger partial charge in [-0.05, 0) is 17.7 Å². The highest BCUT2D eigenvalue weighted by atomic mass is 16.1. The summed E-state index contributed by atoms with van der Waals surface area (Å²) in [5.74, 6) is 0.0587. The highest BCUT2D eigenvalue weighted by Gasteiger charge is 2.05. The van der Waals surface area contributed by atoms with Crippen molar-refractivity contribution in [3.05, 3.63) is 18.0 Å². The highest BCUT2D eigenvalue weighted by molar-refractivity contribution is 5.93. The molecule has 0 unspecified atom stereocenters. The van der Waals surface area contributed by atoms with Crippen molar-refractivity contribution in [2.75, 3.05) is 0 Å². The Kier molecular flexibility index (Phi) is 4.02. The van der Waals surface area contributed by atoms with Gasteiger partial charge < -0.3 is 0 Å². The summed E-state index contributed by atoms with van der Waals surface area (Å²) < 4.78 is 0. The number of carbonyl (C=O) groups excluding carboxylic acids is 1. The summed E-state index contributed by atoms with van der Waals surface area (Å²) in [4.78, 5) is 11.4. The molecule has 0 aliphatic carbocycles. The molecule has 0 bridgehead atoms. The smallest absolute Gasteiger partial charge is 0.183 e. The van der Waals surface area contributed by atoms with Crippen LogP contribution in [0.1, 0.15) is 43.1 Å². The van der Waals surface area contributed by atoms with Crippen molar-refractivity contribution >= 4 is 5.78 Å². The third kappa shape index (κ3) is 3.27. The number of aromatic nitrogens is 3. The van der Waals surface area contributed by atoms with Crippen LogP contribution < -0.4 is 0 Å². The standard InChI is InChI=1S/C9H13N3O/c1-2-3-4-5-9(13)8-6-7-10-12-11-8/h6-7H,2-5H2,1H3. The molecule has 4 heteroatoms. The Labute approximate surface area is 77.4 Å². The van der Waals surface area contributed by atoms with Gasteiger partial charge in [0.1, 0.15) is 5.69 Å². The second kappa shape index (κ2) is 5.35. The Hall–Kier alpha value is -1.32. The average molecular weight is 179 g/mol. The van der Waals surface area contributed by atoms with Gasteiger partial charge in [-0.2, -0.15) is 0 Å². The minimum Gasteiger partial charge on any atom is -0.292 e. The van der Waals surface area contributed by atoms with Gasteiger partial charge in [0.05, 0.1) is 6.20 Å². The lowest BCUT2D eigenvalue weighted by Gasteiger charge is -1.96. The zero-order valence-electron chi connectivity index (χ0n) is 7.73. The van der Waals surface area contributed by atoms with Gasteiger partial charge >= 0.3 is 0 Å². The fraction of sp³-hybridized carbons (Fsp3) is 0.556. The molecule has 0 aliphatic rings. The zero-order chi connectivity index (χ0) is 9.52. The average Bonchev–Trinajstić information content (AvgIpc) is 2.19. The van der Waals surface area contributed by atoms with Crippen LogP contribution in [0.25, 0.3) is 0 Å². The largest absolute Gasteiger partial charge is 0.292 e. The van der Waals surface area contributed by atoms with Gasteiger partial charge in [-0.1, -0.05) is 19.8 Å². The summed E-state index contributed by atoms with van der Waals surface area (Å²) in [6.07, 6.45) is 5.19. The minimum atomic E-state index is 0.0587. The summed E-state index contributed by atoms with van der Waals surface area (Å²) in [7, 11) is 0. The molecular weight excluding hydrogens is 166 g/mol. The molecule has 0 saturated carbocycles. The molecule has 13 heavy (non-hydrogen) atoms. The second-order valence-corrected chi connectivity index (χ2v) is 2.89. The molecule has 1 heterocycles. The number of carbonyl (C=O) groups is 1. The Morgan fingerprint density at radius 3 is 2.92 bits per heavy atom. The SMILES string of the molecule is CCCCCC(=O)c1ccnnn1. The maximum atomic E-state index is 11.4. The van der Waals surface area contributed by atoms with Gasteiger partial charge in [-0.3, -0.25) is 4.79 Å². The van der Waals surface area contributed by atoms with Crippen LogP contribution in [0, 0.1) is 0 Å². The molecule has 1 aromatic heterocycles. The van der Waals surface area contributed by atoms with E-state index in [1.54, 1.807) is 6.07 Å². The van der Waals surface area contributed by atoms with E-state index >= 15 is 0 Å². The van der Waals surface area contributed by atoms with Crippen LogP contribution in [0.2, 0.25) is 0 Å². The maximum absolute atomic E-state index is 11.4. The first-order valence-electron chi connectivity index (χ1n) is 4.52. The third-order valence-corrected chi connectivity index (χ3v) is 1.80. The molecule has 0 N–H and O–H groups in total. The lowest BCUT2D eigenvalue weighted by Crippen LogP contribution is -2.03. The molecule has 4 nitrogen and oxygen atoms in total. The molecule has 0 aliphatic heterocycles. The first kappa shape index (κ1) is 9.77. The molecule has 0 radical (unpaired) electrons. The first-order chi connectivity index (χ1) is 6.34. The van der Waals surface area contributed by atoms with Crippen LogP contribution in [0.4, 0.5) is 0 Å². The van der Waals surface area contributed by atoms with Crippen LogP contribution in [0.5, 0.6) is 0 Å². The van der Waals surface area contributed by atoms with E-state index in [0.717, 1.165) is 19.3 Å². The van der Waals surface area contributed by atoms with E-state index in [1.807, 2.05) is 0 Å². The van der Waals surface area contributed by atoms with E-state index in [-0.39, 0.29) is 5.78 Å². The van der Waals surface area contributed by atoms with Crippen molar-refractivity contribution in [2.24, 2.45) is 0 Å². The monoisotopic (exact) mass is 179 g/mol. The number of hydrogen-bond acceptors (Lipinski definition) is 4. The Morgan fingerprint density at radius 2 is 2.31 bits per heavy atom. The molecule has 0 saturated heterocycles. The van der Waals surface area contributed by atoms with E-state index in [2.05, 4.69) is 22.3 Å². The van der Waals surface area contributed by atoms with Crippen molar-refractivity contribution in [2.45, 2.75) is 32.6 Å². The predicted molar refractivity (Wildman–Crippen MR) is 48.3 cm³/mol. The fourth-order valence-corrected chi connectivity index (χ4v) is 1.05. The maximum Gasteiger partial charge on any atom is 0.183 e. The van der Waals surface area contributed by atoms with Crippen molar-refractivity contribution in [1.82, 2.24) is 15.4 Å². The lowest BCUT2D eigenvalue weighted by molar-refractivity contribution is 0.0973. The topological polar surface area (TPSA) is 55.7 Å². The summed E-state index contributed by atoms with van der Waals surface area (Å²) in [6.45, 7) is 2.11. The molecule has 0 spiro atoms. The summed E-state index contributed by atoms with van der Waals surface area (Å²) in [6, 6.07) is 1.60. The summed E-state index contributed by atoms with van der Waals surface area (Å²) >= 11 is 0. The van der Waals surface area contributed by atoms with Crippen molar-refractivity contribution in [3.8, 4) is 0 Å². The number of ketones is 1. The second-order valence-electron chi connectivity index (χ2n) is 2.89. The van der Waals surface area contributed by atoms with Crippen molar-refractivity contribution in [3.63, 3.8) is 0 Å². The molecule has 70 valence electrons. The van der Waals surface area contributed by atoms with E-state index < -0.39 is 0 Å². The van der Waals surface area contributed by atoms with Gasteiger partial charge in [0.2, 0.25) is 0 Å². The number of nitrogens with zero attached hydrogens (tertiary/aromatic N) is 3. The molecule has 1 aromatic rings. The fourth-order valence-electron chi connectivity index (χ4n) is 1.05. The summed E-state index contributed by atoms with van der Waals surface area (Å²) in [5, 5.41) is 10.6. The van der Waals surface area contributed by atoms with Gasteiger partial charge in [0, 0.05) is 6.42 Å². The van der Waals surface area contributed by atoms with Gasteiger partial charge in [0.15, 0.2) is 5.78 Å². The molecule has 0 aromatic carbocycles. The number of unbranched alkanes of at least 4 members (excludes halogenated alkanes) is 2. The number of rotatable bonds is 5. The van der Waals surface area contributed by atoms with E-state index in [1.165, 1.54) is 6.20 Å².